The van der Waals surface area contributed by atoms with E-state index in [1.807, 2.05) is 5.01 Å². The normalized spacial score (nSPS) is 18.3. The Labute approximate surface area is 197 Å². The molecule has 172 valence electrons. The van der Waals surface area contributed by atoms with Crippen LogP contribution in [0.3, 0.4) is 0 Å². The van der Waals surface area contributed by atoms with E-state index in [0.717, 1.165) is 24.8 Å². The van der Waals surface area contributed by atoms with Crippen molar-refractivity contribution < 1.29 is 23.9 Å². The molecule has 1 aromatic carbocycles. The number of methoxy groups -OCH3 is 1. The van der Waals surface area contributed by atoms with Crippen molar-refractivity contribution in [2.45, 2.75) is 25.7 Å². The van der Waals surface area contributed by atoms with Crippen molar-refractivity contribution in [3.8, 4) is 0 Å². The Balaban J connectivity index is 1.41. The van der Waals surface area contributed by atoms with Gasteiger partial charge in [-0.1, -0.05) is 42.5 Å². The maximum absolute atomic E-state index is 12.7. The minimum atomic E-state index is -0.401. The molecule has 0 spiro atoms. The average Bonchev–Trinajstić information content (AvgIpc) is 3.06. The Morgan fingerprint density at radius 3 is 2.59 bits per heavy atom. The average molecular weight is 478 g/mol. The molecule has 2 amide bonds. The first-order chi connectivity index (χ1) is 15.5. The lowest BCUT2D eigenvalue weighted by atomic mass is 10.1. The SMILES string of the molecule is COC(=O)c1ccc(/C=C2\SC(=S)N(CCCCCC(=O)NN3CCOCC3)C2=O)cc1. The van der Waals surface area contributed by atoms with E-state index in [4.69, 9.17) is 21.7 Å². The Kier molecular flexibility index (Phi) is 9.22. The number of thiocarbonyl (C=S) groups is 1. The zero-order chi connectivity index (χ0) is 22.9. The van der Waals surface area contributed by atoms with E-state index in [1.165, 1.54) is 18.9 Å². The molecule has 0 unspecified atom stereocenters. The van der Waals surface area contributed by atoms with Crippen molar-refractivity contribution >= 4 is 52.2 Å². The molecule has 2 saturated heterocycles. The van der Waals surface area contributed by atoms with E-state index >= 15 is 0 Å². The number of hydrazine groups is 1. The summed E-state index contributed by atoms with van der Waals surface area (Å²) in [7, 11) is 1.34. The number of morpholine rings is 1. The van der Waals surface area contributed by atoms with E-state index in [9.17, 15) is 14.4 Å². The molecule has 0 saturated carbocycles. The minimum absolute atomic E-state index is 0.0127. The smallest absolute Gasteiger partial charge is 0.337 e. The molecule has 1 aromatic rings. The van der Waals surface area contributed by atoms with Gasteiger partial charge in [0.25, 0.3) is 5.91 Å². The van der Waals surface area contributed by atoms with Crippen LogP contribution in [0.4, 0.5) is 0 Å². The fraction of sp³-hybridized carbons (Fsp3) is 0.455. The van der Waals surface area contributed by atoms with Crippen LogP contribution in [0.25, 0.3) is 6.08 Å². The van der Waals surface area contributed by atoms with Gasteiger partial charge in [0.05, 0.1) is 30.8 Å². The van der Waals surface area contributed by atoms with Gasteiger partial charge in [0.1, 0.15) is 4.32 Å². The Bertz CT molecular complexity index is 882. The summed E-state index contributed by atoms with van der Waals surface area (Å²) in [4.78, 5) is 38.4. The van der Waals surface area contributed by atoms with Crippen molar-refractivity contribution in [3.63, 3.8) is 0 Å². The first-order valence-corrected chi connectivity index (χ1v) is 11.8. The molecule has 2 aliphatic rings. The number of ether oxygens (including phenoxy) is 2. The van der Waals surface area contributed by atoms with Crippen molar-refractivity contribution in [2.75, 3.05) is 40.0 Å². The molecule has 0 bridgehead atoms. The lowest BCUT2D eigenvalue weighted by Crippen LogP contribution is -2.48. The molecule has 2 fully saturated rings. The standard InChI is InChI=1S/C22H27N3O5S2/c1-29-21(28)17-8-6-16(7-9-17)15-18-20(27)25(22(31)32-18)10-4-2-3-5-19(26)23-24-11-13-30-14-12-24/h6-9,15H,2-5,10-14H2,1H3,(H,23,26)/b18-15-. The van der Waals surface area contributed by atoms with Crippen LogP contribution in [0, 0.1) is 0 Å². The fourth-order valence-corrected chi connectivity index (χ4v) is 4.63. The number of hydrogen-bond donors (Lipinski definition) is 1. The number of unbranched alkanes of at least 4 members (excludes halogenated alkanes) is 2. The maximum Gasteiger partial charge on any atom is 0.337 e. The molecule has 0 atom stereocenters. The van der Waals surface area contributed by atoms with Crippen LogP contribution in [-0.4, -0.2) is 72.0 Å². The lowest BCUT2D eigenvalue weighted by Gasteiger charge is -2.26. The van der Waals surface area contributed by atoms with Gasteiger partial charge in [-0.15, -0.1) is 0 Å². The van der Waals surface area contributed by atoms with Crippen molar-refractivity contribution in [2.24, 2.45) is 0 Å². The third-order valence-corrected chi connectivity index (χ3v) is 6.46. The van der Waals surface area contributed by atoms with Gasteiger partial charge >= 0.3 is 5.97 Å². The second kappa shape index (κ2) is 12.1. The summed E-state index contributed by atoms with van der Waals surface area (Å²) in [6.07, 6.45) is 4.60. The summed E-state index contributed by atoms with van der Waals surface area (Å²) >= 11 is 6.66. The number of carbonyl (C=O) groups is 3. The first-order valence-electron chi connectivity index (χ1n) is 10.5. The Morgan fingerprint density at radius 1 is 1.19 bits per heavy atom. The number of thioether (sulfide) groups is 1. The predicted molar refractivity (Wildman–Crippen MR) is 127 cm³/mol. The van der Waals surface area contributed by atoms with E-state index in [0.29, 0.717) is 54.1 Å². The quantitative estimate of drug-likeness (QED) is 0.251. The summed E-state index contributed by atoms with van der Waals surface area (Å²) < 4.78 is 10.5. The van der Waals surface area contributed by atoms with Gasteiger partial charge in [-0.3, -0.25) is 19.9 Å². The second-order valence-electron chi connectivity index (χ2n) is 7.39. The Hall–Kier alpha value is -2.27. The second-order valence-corrected chi connectivity index (χ2v) is 9.07. The zero-order valence-corrected chi connectivity index (χ0v) is 19.6. The molecule has 10 heteroatoms. The van der Waals surface area contributed by atoms with Crippen LogP contribution in [0.2, 0.25) is 0 Å². The molecule has 8 nitrogen and oxygen atoms in total. The predicted octanol–water partition coefficient (Wildman–Crippen LogP) is 2.60. The number of nitrogens with one attached hydrogen (secondary N) is 1. The van der Waals surface area contributed by atoms with Gasteiger partial charge < -0.3 is 9.47 Å². The summed E-state index contributed by atoms with van der Waals surface area (Å²) in [5.41, 5.74) is 4.16. The molecule has 2 aliphatic heterocycles. The summed E-state index contributed by atoms with van der Waals surface area (Å²) in [6.45, 7) is 3.23. The van der Waals surface area contributed by atoms with Gasteiger partial charge in [-0.2, -0.15) is 0 Å². The van der Waals surface area contributed by atoms with Crippen LogP contribution >= 0.6 is 24.0 Å². The molecular formula is C22H27N3O5S2. The van der Waals surface area contributed by atoms with E-state index in [2.05, 4.69) is 5.43 Å². The van der Waals surface area contributed by atoms with Gasteiger partial charge in [-0.05, 0) is 36.6 Å². The highest BCUT2D eigenvalue weighted by Gasteiger charge is 2.31. The largest absolute Gasteiger partial charge is 0.465 e. The minimum Gasteiger partial charge on any atom is -0.465 e. The molecule has 3 rings (SSSR count). The number of esters is 1. The van der Waals surface area contributed by atoms with Gasteiger partial charge in [0.15, 0.2) is 0 Å². The highest BCUT2D eigenvalue weighted by Crippen LogP contribution is 2.32. The number of nitrogens with zero attached hydrogens (tertiary/aromatic N) is 2. The van der Waals surface area contributed by atoms with Gasteiger partial charge in [0.2, 0.25) is 5.91 Å². The summed E-state index contributed by atoms with van der Waals surface area (Å²) in [6, 6.07) is 6.85. The lowest BCUT2D eigenvalue weighted by molar-refractivity contribution is -0.128. The molecule has 2 heterocycles. The molecule has 32 heavy (non-hydrogen) atoms. The number of rotatable bonds is 9. The molecule has 0 aliphatic carbocycles. The molecule has 0 aromatic heterocycles. The summed E-state index contributed by atoms with van der Waals surface area (Å²) in [5.74, 6) is -0.498. The van der Waals surface area contributed by atoms with Crippen molar-refractivity contribution in [3.05, 3.63) is 40.3 Å². The van der Waals surface area contributed by atoms with Crippen molar-refractivity contribution in [1.29, 1.82) is 0 Å². The molecular weight excluding hydrogens is 450 g/mol. The number of hydrogen-bond acceptors (Lipinski definition) is 8. The zero-order valence-electron chi connectivity index (χ0n) is 18.0. The monoisotopic (exact) mass is 477 g/mol. The van der Waals surface area contributed by atoms with Crippen LogP contribution < -0.4 is 5.43 Å². The van der Waals surface area contributed by atoms with Gasteiger partial charge in [-0.25, -0.2) is 9.80 Å². The maximum atomic E-state index is 12.7. The highest BCUT2D eigenvalue weighted by atomic mass is 32.2. The molecule has 1 N–H and O–H groups in total. The van der Waals surface area contributed by atoms with Crippen LogP contribution in [0.1, 0.15) is 41.6 Å². The highest BCUT2D eigenvalue weighted by molar-refractivity contribution is 8.26. The van der Waals surface area contributed by atoms with E-state index < -0.39 is 5.97 Å². The summed E-state index contributed by atoms with van der Waals surface area (Å²) in [5, 5.41) is 1.89. The third-order valence-electron chi connectivity index (χ3n) is 5.08. The topological polar surface area (TPSA) is 88.2 Å². The van der Waals surface area contributed by atoms with Crippen molar-refractivity contribution in [1.82, 2.24) is 15.3 Å². The Morgan fingerprint density at radius 2 is 1.91 bits per heavy atom. The van der Waals surface area contributed by atoms with Crippen LogP contribution in [0.5, 0.6) is 0 Å². The van der Waals surface area contributed by atoms with E-state index in [-0.39, 0.29) is 11.8 Å². The van der Waals surface area contributed by atoms with E-state index in [1.54, 1.807) is 35.2 Å². The number of carbonyl (C=O) groups excluding carboxylic acids is 3. The molecule has 0 radical (unpaired) electrons. The van der Waals surface area contributed by atoms with Crippen LogP contribution in [-0.2, 0) is 19.1 Å². The fourth-order valence-electron chi connectivity index (χ4n) is 3.32. The van der Waals surface area contributed by atoms with Crippen LogP contribution in [0.15, 0.2) is 29.2 Å². The van der Waals surface area contributed by atoms with Gasteiger partial charge in [0, 0.05) is 26.1 Å². The number of amides is 2. The third kappa shape index (κ3) is 6.86. The number of benzene rings is 1. The first kappa shape index (κ1) is 24.4.